The van der Waals surface area contributed by atoms with Crippen LogP contribution in [-0.4, -0.2) is 17.4 Å². The van der Waals surface area contributed by atoms with Gasteiger partial charge < -0.3 is 5.32 Å². The molecule has 0 unspecified atom stereocenters. The molecule has 0 bridgehead atoms. The van der Waals surface area contributed by atoms with E-state index in [2.05, 4.69) is 11.4 Å². The van der Waals surface area contributed by atoms with Gasteiger partial charge in [0.05, 0.1) is 11.1 Å². The Balaban J connectivity index is 1.54. The molecule has 0 atom stereocenters. The maximum Gasteiger partial charge on any atom is 0.252 e. The highest BCUT2D eigenvalue weighted by molar-refractivity contribution is 7.99. The van der Waals surface area contributed by atoms with Crippen molar-refractivity contribution in [3.63, 3.8) is 0 Å². The predicted octanol–water partition coefficient (Wildman–Crippen LogP) is 6.66. The monoisotopic (exact) mass is 422 g/mol. The first-order chi connectivity index (χ1) is 14.2. The molecular formula is C24H23ClN2OS. The molecule has 2 aromatic carbocycles. The van der Waals surface area contributed by atoms with E-state index in [1.54, 1.807) is 0 Å². The second-order valence-corrected chi connectivity index (χ2v) is 8.73. The first-order valence-electron chi connectivity index (χ1n) is 9.98. The molecule has 0 aliphatic heterocycles. The highest BCUT2D eigenvalue weighted by Gasteiger charge is 2.14. The highest BCUT2D eigenvalue weighted by atomic mass is 35.5. The van der Waals surface area contributed by atoms with Crippen molar-refractivity contribution in [1.82, 2.24) is 10.3 Å². The maximum atomic E-state index is 13.0. The molecule has 0 saturated heterocycles. The molecule has 1 heterocycles. The van der Waals surface area contributed by atoms with E-state index in [1.807, 2.05) is 54.6 Å². The number of hydrogen-bond acceptors (Lipinski definition) is 3. The lowest BCUT2D eigenvalue weighted by Crippen LogP contribution is -2.25. The largest absolute Gasteiger partial charge is 0.352 e. The number of hydrogen-bond donors (Lipinski definition) is 1. The van der Waals surface area contributed by atoms with Crippen molar-refractivity contribution in [1.29, 1.82) is 0 Å². The summed E-state index contributed by atoms with van der Waals surface area (Å²) in [7, 11) is 0. The van der Waals surface area contributed by atoms with Gasteiger partial charge in [-0.15, -0.1) is 0 Å². The number of nitrogens with zero attached hydrogens (tertiary/aromatic N) is 1. The van der Waals surface area contributed by atoms with Crippen LogP contribution in [0.25, 0.3) is 10.9 Å². The third-order valence-corrected chi connectivity index (χ3v) is 6.27. The van der Waals surface area contributed by atoms with Crippen molar-refractivity contribution in [3.8, 4) is 0 Å². The van der Waals surface area contributed by atoms with Crippen molar-refractivity contribution in [2.24, 2.45) is 0 Å². The molecule has 3 aromatic rings. The third kappa shape index (κ3) is 5.20. The molecule has 1 aliphatic carbocycles. The number of amides is 1. The average Bonchev–Trinajstić information content (AvgIpc) is 2.75. The molecule has 0 saturated carbocycles. The lowest BCUT2D eigenvalue weighted by atomic mass is 9.97. The summed E-state index contributed by atoms with van der Waals surface area (Å²) in [6, 6.07) is 17.3. The van der Waals surface area contributed by atoms with E-state index in [-0.39, 0.29) is 5.91 Å². The second-order valence-electron chi connectivity index (χ2n) is 7.20. The number of para-hydroxylation sites is 1. The first kappa shape index (κ1) is 20.0. The topological polar surface area (TPSA) is 42.0 Å². The number of aromatic nitrogens is 1. The molecule has 3 nitrogen and oxygen atoms in total. The first-order valence-corrected chi connectivity index (χ1v) is 11.2. The fraction of sp³-hybridized carbons (Fsp3) is 0.250. The molecule has 1 N–H and O–H groups in total. The van der Waals surface area contributed by atoms with Gasteiger partial charge in [0.1, 0.15) is 5.03 Å². The fourth-order valence-corrected chi connectivity index (χ4v) is 4.54. The molecule has 0 fully saturated rings. The number of carbonyl (C=O) groups is 1. The van der Waals surface area contributed by atoms with E-state index < -0.39 is 0 Å². The molecule has 1 amide bonds. The molecular weight excluding hydrogens is 400 g/mol. The Hall–Kier alpha value is -2.30. The summed E-state index contributed by atoms with van der Waals surface area (Å²) < 4.78 is 0. The van der Waals surface area contributed by atoms with Crippen LogP contribution in [0.2, 0.25) is 5.02 Å². The maximum absolute atomic E-state index is 13.0. The number of rotatable bonds is 6. The Bertz CT molecular complexity index is 1050. The molecule has 5 heteroatoms. The minimum Gasteiger partial charge on any atom is -0.352 e. The van der Waals surface area contributed by atoms with Crippen LogP contribution in [0.5, 0.6) is 0 Å². The van der Waals surface area contributed by atoms with Crippen molar-refractivity contribution in [3.05, 3.63) is 76.8 Å². The van der Waals surface area contributed by atoms with E-state index >= 15 is 0 Å². The molecule has 1 aliphatic rings. The highest BCUT2D eigenvalue weighted by Crippen LogP contribution is 2.30. The van der Waals surface area contributed by atoms with Crippen LogP contribution >= 0.6 is 23.4 Å². The summed E-state index contributed by atoms with van der Waals surface area (Å²) in [5, 5.41) is 5.48. The van der Waals surface area contributed by atoms with Gasteiger partial charge in [-0.2, -0.15) is 0 Å². The van der Waals surface area contributed by atoms with Crippen LogP contribution in [0.1, 0.15) is 42.5 Å². The van der Waals surface area contributed by atoms with E-state index in [4.69, 9.17) is 16.6 Å². The standard InChI is InChI=1S/C24H23ClN2OS/c25-18-10-12-19(13-11-18)29-23-16-21(20-8-4-5-9-22(20)27-23)24(28)26-15-14-17-6-2-1-3-7-17/h4-6,8-13,16H,1-3,7,14-15H2,(H,26,28). The van der Waals surface area contributed by atoms with E-state index in [9.17, 15) is 4.79 Å². The van der Waals surface area contributed by atoms with Crippen molar-refractivity contribution in [2.45, 2.75) is 42.0 Å². The van der Waals surface area contributed by atoms with Gasteiger partial charge in [0.2, 0.25) is 0 Å². The summed E-state index contributed by atoms with van der Waals surface area (Å²) in [6.45, 7) is 0.668. The zero-order valence-electron chi connectivity index (χ0n) is 16.2. The Labute approximate surface area is 180 Å². The van der Waals surface area contributed by atoms with Crippen LogP contribution < -0.4 is 5.32 Å². The van der Waals surface area contributed by atoms with Gasteiger partial charge in [0.25, 0.3) is 5.91 Å². The minimum absolute atomic E-state index is 0.0436. The van der Waals surface area contributed by atoms with Crippen molar-refractivity contribution >= 4 is 40.2 Å². The van der Waals surface area contributed by atoms with E-state index in [0.29, 0.717) is 17.1 Å². The third-order valence-electron chi connectivity index (χ3n) is 5.09. The lowest BCUT2D eigenvalue weighted by Gasteiger charge is -2.14. The number of nitrogens with one attached hydrogen (secondary N) is 1. The van der Waals surface area contributed by atoms with Crippen LogP contribution in [-0.2, 0) is 0 Å². The number of halogens is 1. The molecule has 0 radical (unpaired) electrons. The summed E-state index contributed by atoms with van der Waals surface area (Å²) in [5.41, 5.74) is 2.96. The van der Waals surface area contributed by atoms with Crippen LogP contribution in [0.4, 0.5) is 0 Å². The van der Waals surface area contributed by atoms with Crippen LogP contribution in [0.15, 0.2) is 76.2 Å². The summed E-state index contributed by atoms with van der Waals surface area (Å²) >= 11 is 7.51. The van der Waals surface area contributed by atoms with Gasteiger partial charge in [-0.3, -0.25) is 4.79 Å². The predicted molar refractivity (Wildman–Crippen MR) is 121 cm³/mol. The van der Waals surface area contributed by atoms with Crippen molar-refractivity contribution in [2.75, 3.05) is 6.54 Å². The lowest BCUT2D eigenvalue weighted by molar-refractivity contribution is 0.0955. The second kappa shape index (κ2) is 9.47. The average molecular weight is 423 g/mol. The Kier molecular flexibility index (Phi) is 6.53. The summed E-state index contributed by atoms with van der Waals surface area (Å²) in [5.74, 6) is -0.0436. The Morgan fingerprint density at radius 1 is 1.10 bits per heavy atom. The van der Waals surface area contributed by atoms with E-state index in [1.165, 1.54) is 36.6 Å². The van der Waals surface area contributed by atoms with Crippen LogP contribution in [0, 0.1) is 0 Å². The normalized spacial score (nSPS) is 13.9. The minimum atomic E-state index is -0.0436. The number of pyridine rings is 1. The van der Waals surface area contributed by atoms with Gasteiger partial charge in [-0.05, 0) is 68.5 Å². The Morgan fingerprint density at radius 2 is 1.93 bits per heavy atom. The number of allylic oxidation sites excluding steroid dienone is 1. The molecule has 4 rings (SSSR count). The fourth-order valence-electron chi connectivity index (χ4n) is 3.58. The SMILES string of the molecule is O=C(NCCC1=CCCCC1)c1cc(Sc2ccc(Cl)cc2)nc2ccccc12. The number of fused-ring (bicyclic) bond motifs is 1. The van der Waals surface area contributed by atoms with Crippen LogP contribution in [0.3, 0.4) is 0 Å². The molecule has 29 heavy (non-hydrogen) atoms. The molecule has 148 valence electrons. The van der Waals surface area contributed by atoms with Gasteiger partial charge in [0.15, 0.2) is 0 Å². The smallest absolute Gasteiger partial charge is 0.252 e. The van der Waals surface area contributed by atoms with Gasteiger partial charge >= 0.3 is 0 Å². The number of carbonyl (C=O) groups excluding carboxylic acids is 1. The van der Waals surface area contributed by atoms with Gasteiger partial charge in [0, 0.05) is 21.8 Å². The Morgan fingerprint density at radius 3 is 2.72 bits per heavy atom. The van der Waals surface area contributed by atoms with Gasteiger partial charge in [-0.1, -0.05) is 53.2 Å². The quantitative estimate of drug-likeness (QED) is 0.451. The zero-order valence-corrected chi connectivity index (χ0v) is 17.7. The van der Waals surface area contributed by atoms with Gasteiger partial charge in [-0.25, -0.2) is 4.98 Å². The van der Waals surface area contributed by atoms with E-state index in [0.717, 1.165) is 33.7 Å². The molecule has 0 spiro atoms. The number of benzene rings is 2. The molecule has 1 aromatic heterocycles. The summed E-state index contributed by atoms with van der Waals surface area (Å²) in [4.78, 5) is 18.7. The zero-order chi connectivity index (χ0) is 20.1. The van der Waals surface area contributed by atoms with Crippen molar-refractivity contribution < 1.29 is 4.79 Å². The summed E-state index contributed by atoms with van der Waals surface area (Å²) in [6.07, 6.45) is 8.14.